The standard InChI is InChI=1S/C17H33N3O2S.HI/c1-3-16-13-20(8-12-23-16)17(18-2)19-7-4-9-22-14-15-5-10-21-11-6-15;/h15-16H,3-14H2,1-2H3,(H,18,19);1H. The normalized spacial score (nSPS) is 23.0. The molecule has 2 rings (SSSR count). The minimum absolute atomic E-state index is 0. The van der Waals surface area contributed by atoms with Crippen LogP contribution >= 0.6 is 35.7 Å². The molecule has 0 saturated carbocycles. The molecule has 0 aromatic rings. The van der Waals surface area contributed by atoms with Gasteiger partial charge in [0, 0.05) is 64.1 Å². The number of halogens is 1. The fourth-order valence-electron chi connectivity index (χ4n) is 3.03. The molecule has 2 aliphatic rings. The van der Waals surface area contributed by atoms with Crippen LogP contribution < -0.4 is 5.32 Å². The minimum Gasteiger partial charge on any atom is -0.381 e. The van der Waals surface area contributed by atoms with Crippen LogP contribution in [0, 0.1) is 5.92 Å². The molecule has 1 atom stereocenters. The van der Waals surface area contributed by atoms with Crippen LogP contribution in [0.25, 0.3) is 0 Å². The maximum Gasteiger partial charge on any atom is 0.193 e. The van der Waals surface area contributed by atoms with Crippen molar-refractivity contribution in [1.82, 2.24) is 10.2 Å². The van der Waals surface area contributed by atoms with Gasteiger partial charge in [-0.1, -0.05) is 6.92 Å². The zero-order valence-electron chi connectivity index (χ0n) is 15.2. The molecule has 1 unspecified atom stereocenters. The Balaban J connectivity index is 0.00000288. The number of guanidine groups is 1. The van der Waals surface area contributed by atoms with Gasteiger partial charge in [0.2, 0.25) is 0 Å². The molecule has 0 radical (unpaired) electrons. The Hall–Kier alpha value is 0.270. The molecule has 0 aliphatic carbocycles. The van der Waals surface area contributed by atoms with E-state index in [1.54, 1.807) is 0 Å². The largest absolute Gasteiger partial charge is 0.381 e. The van der Waals surface area contributed by atoms with Crippen LogP contribution in [0.5, 0.6) is 0 Å². The van der Waals surface area contributed by atoms with Crippen molar-refractivity contribution in [2.24, 2.45) is 10.9 Å². The van der Waals surface area contributed by atoms with Gasteiger partial charge in [-0.05, 0) is 31.6 Å². The van der Waals surface area contributed by atoms with Crippen molar-refractivity contribution in [3.05, 3.63) is 0 Å². The van der Waals surface area contributed by atoms with Gasteiger partial charge >= 0.3 is 0 Å². The Morgan fingerprint density at radius 2 is 2.17 bits per heavy atom. The first-order chi connectivity index (χ1) is 11.3. The lowest BCUT2D eigenvalue weighted by Crippen LogP contribution is -2.48. The molecular weight excluding hydrogens is 437 g/mol. The maximum atomic E-state index is 5.82. The Bertz CT molecular complexity index is 355. The van der Waals surface area contributed by atoms with E-state index in [2.05, 4.69) is 33.9 Å². The molecule has 1 N–H and O–H groups in total. The van der Waals surface area contributed by atoms with E-state index in [1.165, 1.54) is 12.2 Å². The van der Waals surface area contributed by atoms with Gasteiger partial charge in [-0.15, -0.1) is 24.0 Å². The van der Waals surface area contributed by atoms with E-state index in [0.29, 0.717) is 5.92 Å². The van der Waals surface area contributed by atoms with E-state index in [9.17, 15) is 0 Å². The average Bonchev–Trinajstić information content (AvgIpc) is 2.62. The third-order valence-corrected chi connectivity index (χ3v) is 5.92. The number of nitrogens with one attached hydrogen (secondary N) is 1. The van der Waals surface area contributed by atoms with Crippen LogP contribution in [-0.4, -0.2) is 75.0 Å². The van der Waals surface area contributed by atoms with E-state index < -0.39 is 0 Å². The zero-order chi connectivity index (χ0) is 16.3. The lowest BCUT2D eigenvalue weighted by Gasteiger charge is -2.34. The van der Waals surface area contributed by atoms with Gasteiger partial charge in [0.05, 0.1) is 0 Å². The molecule has 0 spiro atoms. The van der Waals surface area contributed by atoms with Crippen LogP contribution in [0.15, 0.2) is 4.99 Å². The van der Waals surface area contributed by atoms with Crippen molar-refractivity contribution < 1.29 is 9.47 Å². The van der Waals surface area contributed by atoms with Gasteiger partial charge in [-0.25, -0.2) is 0 Å². The molecule has 0 amide bonds. The molecule has 0 aromatic carbocycles. The van der Waals surface area contributed by atoms with Crippen molar-refractivity contribution >= 4 is 41.7 Å². The second-order valence-electron chi connectivity index (χ2n) is 6.31. The van der Waals surface area contributed by atoms with E-state index in [1.807, 2.05) is 7.05 Å². The summed E-state index contributed by atoms with van der Waals surface area (Å²) in [5.41, 5.74) is 0. The molecule has 2 saturated heterocycles. The summed E-state index contributed by atoms with van der Waals surface area (Å²) >= 11 is 2.09. The van der Waals surface area contributed by atoms with E-state index in [4.69, 9.17) is 9.47 Å². The highest BCUT2D eigenvalue weighted by Crippen LogP contribution is 2.21. The first kappa shape index (κ1) is 22.3. The third-order valence-electron chi connectivity index (χ3n) is 4.55. The molecule has 7 heteroatoms. The summed E-state index contributed by atoms with van der Waals surface area (Å²) in [6.07, 6.45) is 4.56. The van der Waals surface area contributed by atoms with E-state index in [0.717, 1.165) is 76.5 Å². The summed E-state index contributed by atoms with van der Waals surface area (Å²) in [5, 5.41) is 4.23. The molecular formula is C17H34IN3O2S. The fraction of sp³-hybridized carbons (Fsp3) is 0.941. The Morgan fingerprint density at radius 3 is 2.88 bits per heavy atom. The summed E-state index contributed by atoms with van der Waals surface area (Å²) in [7, 11) is 1.88. The van der Waals surface area contributed by atoms with Gasteiger partial charge in [0.1, 0.15) is 0 Å². The van der Waals surface area contributed by atoms with Gasteiger partial charge in [-0.2, -0.15) is 11.8 Å². The molecule has 0 aromatic heterocycles. The molecule has 142 valence electrons. The second-order valence-corrected chi connectivity index (χ2v) is 7.71. The summed E-state index contributed by atoms with van der Waals surface area (Å²) < 4.78 is 11.2. The Morgan fingerprint density at radius 1 is 1.38 bits per heavy atom. The van der Waals surface area contributed by atoms with Crippen LogP contribution in [0.3, 0.4) is 0 Å². The Labute approximate surface area is 168 Å². The molecule has 2 fully saturated rings. The van der Waals surface area contributed by atoms with Gasteiger partial charge in [-0.3, -0.25) is 4.99 Å². The maximum absolute atomic E-state index is 5.82. The predicted molar refractivity (Wildman–Crippen MR) is 114 cm³/mol. The summed E-state index contributed by atoms with van der Waals surface area (Å²) in [4.78, 5) is 6.84. The highest BCUT2D eigenvalue weighted by molar-refractivity contribution is 14.0. The summed E-state index contributed by atoms with van der Waals surface area (Å²) in [6, 6.07) is 0. The first-order valence-electron chi connectivity index (χ1n) is 9.06. The first-order valence-corrected chi connectivity index (χ1v) is 10.1. The quantitative estimate of drug-likeness (QED) is 0.268. The van der Waals surface area contributed by atoms with Gasteiger partial charge in [0.15, 0.2) is 5.96 Å². The number of aliphatic imine (C=N–C) groups is 1. The van der Waals surface area contributed by atoms with E-state index >= 15 is 0 Å². The number of hydrogen-bond donors (Lipinski definition) is 1. The number of ether oxygens (including phenoxy) is 2. The second kappa shape index (κ2) is 13.5. The molecule has 2 aliphatic heterocycles. The summed E-state index contributed by atoms with van der Waals surface area (Å²) in [5.74, 6) is 2.95. The number of hydrogen-bond acceptors (Lipinski definition) is 4. The Kier molecular flexibility index (Phi) is 12.5. The highest BCUT2D eigenvalue weighted by Gasteiger charge is 2.21. The molecule has 5 nitrogen and oxygen atoms in total. The van der Waals surface area contributed by atoms with Crippen molar-refractivity contribution in [3.63, 3.8) is 0 Å². The SMILES string of the molecule is CCC1CN(C(=NC)NCCCOCC2CCOCC2)CCS1.I. The third kappa shape index (κ3) is 8.10. The van der Waals surface area contributed by atoms with Crippen molar-refractivity contribution in [1.29, 1.82) is 0 Å². The topological polar surface area (TPSA) is 46.1 Å². The molecule has 0 bridgehead atoms. The monoisotopic (exact) mass is 471 g/mol. The summed E-state index contributed by atoms with van der Waals surface area (Å²) in [6.45, 7) is 8.93. The highest BCUT2D eigenvalue weighted by atomic mass is 127. The van der Waals surface area contributed by atoms with Crippen LogP contribution in [0.2, 0.25) is 0 Å². The molecule has 2 heterocycles. The van der Waals surface area contributed by atoms with Crippen LogP contribution in [0.1, 0.15) is 32.6 Å². The number of rotatable bonds is 7. The van der Waals surface area contributed by atoms with Crippen molar-refractivity contribution in [2.45, 2.75) is 37.9 Å². The number of nitrogens with zero attached hydrogens (tertiary/aromatic N) is 2. The average molecular weight is 471 g/mol. The zero-order valence-corrected chi connectivity index (χ0v) is 18.3. The van der Waals surface area contributed by atoms with Gasteiger partial charge in [0.25, 0.3) is 0 Å². The lowest BCUT2D eigenvalue weighted by molar-refractivity contribution is 0.0203. The minimum atomic E-state index is 0. The van der Waals surface area contributed by atoms with Crippen molar-refractivity contribution in [2.75, 3.05) is 58.9 Å². The number of thioether (sulfide) groups is 1. The van der Waals surface area contributed by atoms with Crippen LogP contribution in [0.4, 0.5) is 0 Å². The molecule has 24 heavy (non-hydrogen) atoms. The van der Waals surface area contributed by atoms with E-state index in [-0.39, 0.29) is 24.0 Å². The predicted octanol–water partition coefficient (Wildman–Crippen LogP) is 2.84. The lowest BCUT2D eigenvalue weighted by atomic mass is 10.0. The van der Waals surface area contributed by atoms with Gasteiger partial charge < -0.3 is 19.7 Å². The van der Waals surface area contributed by atoms with Crippen molar-refractivity contribution in [3.8, 4) is 0 Å². The fourth-order valence-corrected chi connectivity index (χ4v) is 4.21. The smallest absolute Gasteiger partial charge is 0.193 e. The van der Waals surface area contributed by atoms with Crippen LogP contribution in [-0.2, 0) is 9.47 Å².